The zero-order chi connectivity index (χ0) is 40.1. The average Bonchev–Trinajstić information content (AvgIpc) is 3.87. The number of carbonyl (C=O) groups excluding carboxylic acids is 4. The van der Waals surface area contributed by atoms with Crippen molar-refractivity contribution in [1.82, 2.24) is 20.1 Å². The molecule has 0 radical (unpaired) electrons. The van der Waals surface area contributed by atoms with Crippen LogP contribution in [0.5, 0.6) is 0 Å². The van der Waals surface area contributed by atoms with E-state index in [1.807, 2.05) is 63.1 Å². The first kappa shape index (κ1) is 45.4. The maximum atomic E-state index is 14.3. The van der Waals surface area contributed by atoms with Gasteiger partial charge in [-0.25, -0.2) is 4.98 Å². The number of likely N-dealkylation sites (tertiary alicyclic amines) is 1. The number of ether oxygens (including phenoxy) is 2. The van der Waals surface area contributed by atoms with Gasteiger partial charge in [0.25, 0.3) is 0 Å². The van der Waals surface area contributed by atoms with E-state index in [1.165, 1.54) is 0 Å². The van der Waals surface area contributed by atoms with Gasteiger partial charge in [0.1, 0.15) is 5.78 Å². The van der Waals surface area contributed by atoms with Gasteiger partial charge in [0.2, 0.25) is 11.8 Å². The van der Waals surface area contributed by atoms with Crippen molar-refractivity contribution in [3.63, 3.8) is 0 Å². The molecule has 1 N–H and O–H groups in total. The Morgan fingerprint density at radius 3 is 2.19 bits per heavy atom. The molecule has 1 aromatic carbocycles. The van der Waals surface area contributed by atoms with E-state index in [-0.39, 0.29) is 78.0 Å². The van der Waals surface area contributed by atoms with E-state index in [0.29, 0.717) is 19.4 Å². The van der Waals surface area contributed by atoms with Gasteiger partial charge in [-0.2, -0.15) is 0 Å². The molecule has 1 aromatic heterocycles. The summed E-state index contributed by atoms with van der Waals surface area (Å²) in [5.41, 5.74) is 1.16. The van der Waals surface area contributed by atoms with Crippen LogP contribution in [0.1, 0.15) is 103 Å². The summed E-state index contributed by atoms with van der Waals surface area (Å²) in [6.45, 7) is 14.6. The van der Waals surface area contributed by atoms with E-state index in [0.717, 1.165) is 29.8 Å². The zero-order valence-electron chi connectivity index (χ0n) is 34.7. The van der Waals surface area contributed by atoms with Gasteiger partial charge >= 0.3 is 0 Å². The second kappa shape index (κ2) is 21.9. The van der Waals surface area contributed by atoms with Gasteiger partial charge < -0.3 is 24.6 Å². The lowest BCUT2D eigenvalue weighted by Gasteiger charge is -2.41. The Morgan fingerprint density at radius 1 is 0.963 bits per heavy atom. The summed E-state index contributed by atoms with van der Waals surface area (Å²) in [7, 11) is 6.80. The van der Waals surface area contributed by atoms with E-state index in [1.54, 1.807) is 50.7 Å². The number of aromatic nitrogens is 1. The largest absolute Gasteiger partial charge is 0.379 e. The number of ketones is 2. The lowest BCUT2D eigenvalue weighted by atomic mass is 9.84. The molecule has 3 rings (SSSR count). The van der Waals surface area contributed by atoms with Gasteiger partial charge in [-0.3, -0.25) is 19.2 Å². The Labute approximate surface area is 329 Å². The quantitative estimate of drug-likeness (QED) is 0.131. The summed E-state index contributed by atoms with van der Waals surface area (Å²) >= 11 is 1.57. The predicted molar refractivity (Wildman–Crippen MR) is 216 cm³/mol. The Morgan fingerprint density at radius 2 is 1.65 bits per heavy atom. The minimum Gasteiger partial charge on any atom is -0.379 e. The van der Waals surface area contributed by atoms with Crippen molar-refractivity contribution in [3.05, 3.63) is 52.5 Å². The molecule has 1 unspecified atom stereocenters. The Kier molecular flexibility index (Phi) is 18.4. The molecule has 0 aliphatic carbocycles. The van der Waals surface area contributed by atoms with Crippen LogP contribution in [0, 0.1) is 29.6 Å². The number of thiazole rings is 1. The maximum Gasteiger partial charge on any atom is 0.226 e. The van der Waals surface area contributed by atoms with Gasteiger partial charge in [-0.05, 0) is 49.6 Å². The van der Waals surface area contributed by atoms with Crippen LogP contribution in [0.25, 0.3) is 0 Å². The van der Waals surface area contributed by atoms with Gasteiger partial charge in [0, 0.05) is 70.0 Å². The van der Waals surface area contributed by atoms with E-state index >= 15 is 0 Å². The number of Topliss-reactive ketones (excluding diaryl/α,β-unsaturated/α-hetero) is 2. The second-order valence-electron chi connectivity index (χ2n) is 16.0. The molecule has 0 bridgehead atoms. The number of nitrogens with one attached hydrogen (secondary N) is 1. The highest BCUT2D eigenvalue weighted by atomic mass is 32.1. The van der Waals surface area contributed by atoms with E-state index < -0.39 is 24.0 Å². The fourth-order valence-corrected chi connectivity index (χ4v) is 9.17. The molecule has 54 heavy (non-hydrogen) atoms. The van der Waals surface area contributed by atoms with Crippen molar-refractivity contribution >= 4 is 34.7 Å². The van der Waals surface area contributed by atoms with Crippen LogP contribution in [-0.2, 0) is 35.1 Å². The SMILES string of the molecule is CC[C@H](C)[C@@H]([C@@H](CC(=O)N1CCC[C@H]1C(OC)[C@@H](C)C(=O)C[C@@H](Cc1ccccc1)c1nccs1)OC)N(C)C(=O)[C@@H](CC(=O)[C@@H](NC)C(C)C)C(C)C. The number of methoxy groups -OCH3 is 2. The standard InChI is InChI=1S/C43H68N4O6S/c1-12-29(6)40(46(9)43(51)33(27(2)3)25-36(49)39(44-8)28(4)5)37(52-10)26-38(50)47-21-16-19-34(47)41(53-11)30(7)35(48)24-32(42-45-20-22-54-42)23-31-17-14-13-15-18-31/h13-15,17-18,20,22,27-30,32-34,37,39-41,44H,12,16,19,21,23-26H2,1-11H3/t29-,30-,32+,33-,34-,37+,39-,40-,41?/m0/s1. The van der Waals surface area contributed by atoms with E-state index in [2.05, 4.69) is 36.3 Å². The molecule has 0 saturated carbocycles. The van der Waals surface area contributed by atoms with Crippen LogP contribution >= 0.6 is 11.3 Å². The number of hydrogen-bond acceptors (Lipinski definition) is 9. The highest BCUT2D eigenvalue weighted by Crippen LogP contribution is 2.33. The van der Waals surface area contributed by atoms with Crippen LogP contribution < -0.4 is 5.32 Å². The molecule has 2 amide bonds. The lowest BCUT2D eigenvalue weighted by molar-refractivity contribution is -0.149. The lowest BCUT2D eigenvalue weighted by Crippen LogP contribution is -2.54. The smallest absolute Gasteiger partial charge is 0.226 e. The second-order valence-corrected chi connectivity index (χ2v) is 17.0. The topological polar surface area (TPSA) is 118 Å². The van der Waals surface area contributed by atoms with Crippen molar-refractivity contribution in [1.29, 1.82) is 0 Å². The highest BCUT2D eigenvalue weighted by molar-refractivity contribution is 7.09. The third-order valence-corrected chi connectivity index (χ3v) is 12.7. The van der Waals surface area contributed by atoms with Crippen molar-refractivity contribution in [2.45, 2.75) is 130 Å². The molecule has 2 heterocycles. The van der Waals surface area contributed by atoms with Gasteiger partial charge in [0.15, 0.2) is 5.78 Å². The molecule has 1 saturated heterocycles. The molecule has 9 atom stereocenters. The van der Waals surface area contributed by atoms with Crippen LogP contribution in [-0.4, -0.2) is 103 Å². The summed E-state index contributed by atoms with van der Waals surface area (Å²) in [5, 5.41) is 6.02. The van der Waals surface area contributed by atoms with Crippen molar-refractivity contribution in [2.75, 3.05) is 34.9 Å². The number of rotatable bonds is 23. The third kappa shape index (κ3) is 11.8. The van der Waals surface area contributed by atoms with Crippen LogP contribution in [0.4, 0.5) is 0 Å². The molecule has 2 aromatic rings. The predicted octanol–water partition coefficient (Wildman–Crippen LogP) is 6.82. The number of benzene rings is 1. The van der Waals surface area contributed by atoms with E-state index in [9.17, 15) is 19.2 Å². The monoisotopic (exact) mass is 768 g/mol. The Hall–Kier alpha value is -2.99. The van der Waals surface area contributed by atoms with Crippen LogP contribution in [0.15, 0.2) is 41.9 Å². The fraction of sp³-hybridized carbons (Fsp3) is 0.698. The number of amides is 2. The van der Waals surface area contributed by atoms with Gasteiger partial charge in [0.05, 0.1) is 41.8 Å². The summed E-state index contributed by atoms with van der Waals surface area (Å²) < 4.78 is 12.1. The van der Waals surface area contributed by atoms with Gasteiger partial charge in [-0.15, -0.1) is 11.3 Å². The normalized spacial score (nSPS) is 19.2. The van der Waals surface area contributed by atoms with E-state index in [4.69, 9.17) is 9.47 Å². The molecule has 11 heteroatoms. The molecule has 0 spiro atoms. The molecule has 1 aliphatic heterocycles. The minimum atomic E-state index is -0.566. The first-order valence-electron chi connectivity index (χ1n) is 20.0. The number of nitrogens with zero attached hydrogens (tertiary/aromatic N) is 3. The van der Waals surface area contributed by atoms with Crippen molar-refractivity contribution in [3.8, 4) is 0 Å². The van der Waals surface area contributed by atoms with Crippen LogP contribution in [0.2, 0.25) is 0 Å². The molecule has 1 aliphatic rings. The summed E-state index contributed by atoms with van der Waals surface area (Å²) in [4.78, 5) is 64.1. The molecular formula is C43H68N4O6S. The molecule has 10 nitrogen and oxygen atoms in total. The first-order valence-corrected chi connectivity index (χ1v) is 20.9. The zero-order valence-corrected chi connectivity index (χ0v) is 35.6. The summed E-state index contributed by atoms with van der Waals surface area (Å²) in [5.74, 6) is -0.952. The molecule has 302 valence electrons. The summed E-state index contributed by atoms with van der Waals surface area (Å²) in [6.07, 6.45) is 4.37. The van der Waals surface area contributed by atoms with Gasteiger partial charge in [-0.1, -0.05) is 85.2 Å². The highest BCUT2D eigenvalue weighted by Gasteiger charge is 2.43. The fourth-order valence-electron chi connectivity index (χ4n) is 8.43. The van der Waals surface area contributed by atoms with Crippen LogP contribution in [0.3, 0.4) is 0 Å². The maximum absolute atomic E-state index is 14.3. The number of likely N-dealkylation sites (N-methyl/N-ethyl adjacent to an activating group) is 2. The van der Waals surface area contributed by atoms with Crippen molar-refractivity contribution < 1.29 is 28.7 Å². The number of hydrogen-bond donors (Lipinski definition) is 1. The molecular weight excluding hydrogens is 701 g/mol. The number of carbonyl (C=O) groups is 4. The third-order valence-electron chi connectivity index (χ3n) is 11.8. The Bertz CT molecular complexity index is 1450. The Balaban J connectivity index is 1.78. The molecule has 1 fully saturated rings. The average molecular weight is 769 g/mol. The minimum absolute atomic E-state index is 0.0290. The summed E-state index contributed by atoms with van der Waals surface area (Å²) in [6, 6.07) is 9.21. The first-order chi connectivity index (χ1) is 25.7. The van der Waals surface area contributed by atoms with Crippen molar-refractivity contribution in [2.24, 2.45) is 29.6 Å².